The van der Waals surface area contributed by atoms with Crippen molar-refractivity contribution in [2.75, 3.05) is 0 Å². The second-order valence-corrected chi connectivity index (χ2v) is 6.96. The first-order chi connectivity index (χ1) is 13.5. The molecule has 0 aliphatic rings. The topological polar surface area (TPSA) is 65.1 Å². The van der Waals surface area contributed by atoms with E-state index in [1.807, 2.05) is 31.2 Å². The lowest BCUT2D eigenvalue weighted by Gasteiger charge is -2.05. The minimum Gasteiger partial charge on any atom is -0.267 e. The van der Waals surface area contributed by atoms with Crippen molar-refractivity contribution in [3.05, 3.63) is 86.1 Å². The van der Waals surface area contributed by atoms with Crippen LogP contribution in [-0.2, 0) is 0 Å². The van der Waals surface area contributed by atoms with Gasteiger partial charge in [0.1, 0.15) is 11.0 Å². The Morgan fingerprint density at radius 2 is 1.75 bits per heavy atom. The standard InChI is InChI=1S/C20H15Cl2N5O/c1-12-15(19(22)27(25-12)18-10-6-4-8-16(18)21)11-23-26-13(2)24-17-9-5-3-7-14(17)20(26)28/h3-11H,1-2H3. The molecule has 6 nitrogen and oxygen atoms in total. The molecule has 4 aromatic rings. The maximum absolute atomic E-state index is 12.7. The van der Waals surface area contributed by atoms with Crippen LogP contribution in [0.5, 0.6) is 0 Å². The molecule has 0 bridgehead atoms. The Morgan fingerprint density at radius 3 is 2.54 bits per heavy atom. The molecule has 0 amide bonds. The van der Waals surface area contributed by atoms with Crippen LogP contribution in [0.25, 0.3) is 16.6 Å². The Hall–Kier alpha value is -2.96. The molecule has 4 rings (SSSR count). The van der Waals surface area contributed by atoms with E-state index in [-0.39, 0.29) is 5.56 Å². The van der Waals surface area contributed by atoms with Crippen LogP contribution < -0.4 is 5.56 Å². The Kier molecular flexibility index (Phi) is 4.75. The number of aryl methyl sites for hydroxylation is 2. The summed E-state index contributed by atoms with van der Waals surface area (Å²) in [7, 11) is 0. The highest BCUT2D eigenvalue weighted by atomic mass is 35.5. The van der Waals surface area contributed by atoms with Crippen LogP contribution in [0.3, 0.4) is 0 Å². The molecule has 140 valence electrons. The number of rotatable bonds is 3. The molecule has 28 heavy (non-hydrogen) atoms. The summed E-state index contributed by atoms with van der Waals surface area (Å²) in [6.45, 7) is 3.54. The highest BCUT2D eigenvalue weighted by molar-refractivity contribution is 6.34. The van der Waals surface area contributed by atoms with Crippen LogP contribution in [0.15, 0.2) is 58.4 Å². The molecule has 2 aromatic carbocycles. The van der Waals surface area contributed by atoms with E-state index < -0.39 is 0 Å². The number of benzene rings is 2. The number of hydrogen-bond donors (Lipinski definition) is 0. The van der Waals surface area contributed by atoms with Crippen molar-refractivity contribution in [1.82, 2.24) is 19.4 Å². The molecule has 2 aromatic heterocycles. The van der Waals surface area contributed by atoms with Gasteiger partial charge in [0, 0.05) is 0 Å². The third-order valence-electron chi connectivity index (χ3n) is 4.35. The molecule has 0 spiro atoms. The Balaban J connectivity index is 1.81. The summed E-state index contributed by atoms with van der Waals surface area (Å²) < 4.78 is 2.81. The van der Waals surface area contributed by atoms with Crippen LogP contribution in [0.2, 0.25) is 10.2 Å². The van der Waals surface area contributed by atoms with Gasteiger partial charge in [0.05, 0.1) is 39.1 Å². The van der Waals surface area contributed by atoms with E-state index in [2.05, 4.69) is 15.2 Å². The third kappa shape index (κ3) is 3.10. The van der Waals surface area contributed by atoms with E-state index in [1.165, 1.54) is 10.9 Å². The molecule has 0 saturated carbocycles. The van der Waals surface area contributed by atoms with Crippen molar-refractivity contribution in [1.29, 1.82) is 0 Å². The summed E-state index contributed by atoms with van der Waals surface area (Å²) in [6.07, 6.45) is 1.52. The van der Waals surface area contributed by atoms with Gasteiger partial charge < -0.3 is 0 Å². The molecular weight excluding hydrogens is 397 g/mol. The molecule has 8 heteroatoms. The molecule has 0 aliphatic carbocycles. The maximum atomic E-state index is 12.7. The van der Waals surface area contributed by atoms with Gasteiger partial charge in [-0.25, -0.2) is 9.67 Å². The van der Waals surface area contributed by atoms with Crippen LogP contribution >= 0.6 is 23.2 Å². The monoisotopic (exact) mass is 411 g/mol. The van der Waals surface area contributed by atoms with Gasteiger partial charge in [-0.3, -0.25) is 4.79 Å². The fourth-order valence-electron chi connectivity index (χ4n) is 2.93. The van der Waals surface area contributed by atoms with Gasteiger partial charge in [-0.2, -0.15) is 14.9 Å². The van der Waals surface area contributed by atoms with Gasteiger partial charge in [0.25, 0.3) is 5.56 Å². The van der Waals surface area contributed by atoms with Crippen LogP contribution in [0.1, 0.15) is 17.1 Å². The lowest BCUT2D eigenvalue weighted by Crippen LogP contribution is -2.20. The molecule has 0 atom stereocenters. The van der Waals surface area contributed by atoms with E-state index in [1.54, 1.807) is 35.9 Å². The summed E-state index contributed by atoms with van der Waals surface area (Å²) in [5.74, 6) is 0.479. The molecule has 0 unspecified atom stereocenters. The molecule has 0 saturated heterocycles. The second kappa shape index (κ2) is 7.22. The summed E-state index contributed by atoms with van der Waals surface area (Å²) in [5, 5.41) is 10.2. The Labute approximate surface area is 170 Å². The molecule has 0 fully saturated rings. The highest BCUT2D eigenvalue weighted by Gasteiger charge is 2.15. The lowest BCUT2D eigenvalue weighted by molar-refractivity contribution is 0.771. The van der Waals surface area contributed by atoms with Gasteiger partial charge in [-0.1, -0.05) is 47.5 Å². The van der Waals surface area contributed by atoms with Crippen molar-refractivity contribution in [2.45, 2.75) is 13.8 Å². The zero-order valence-corrected chi connectivity index (χ0v) is 16.6. The van der Waals surface area contributed by atoms with Crippen molar-refractivity contribution in [3.8, 4) is 5.69 Å². The number of para-hydroxylation sites is 2. The van der Waals surface area contributed by atoms with Crippen LogP contribution in [-0.4, -0.2) is 25.7 Å². The zero-order valence-electron chi connectivity index (χ0n) is 15.1. The number of aromatic nitrogens is 4. The first kappa shape index (κ1) is 18.4. The van der Waals surface area contributed by atoms with Gasteiger partial charge in [0.2, 0.25) is 0 Å². The van der Waals surface area contributed by atoms with E-state index >= 15 is 0 Å². The lowest BCUT2D eigenvalue weighted by atomic mass is 10.2. The Bertz CT molecular complexity index is 1290. The second-order valence-electron chi connectivity index (χ2n) is 6.19. The molecule has 0 aliphatic heterocycles. The van der Waals surface area contributed by atoms with Crippen molar-refractivity contribution < 1.29 is 0 Å². The quantitative estimate of drug-likeness (QED) is 0.469. The molecule has 2 heterocycles. The summed E-state index contributed by atoms with van der Waals surface area (Å²) >= 11 is 12.8. The fourth-order valence-corrected chi connectivity index (χ4v) is 3.46. The minimum atomic E-state index is -0.244. The van der Waals surface area contributed by atoms with Crippen LogP contribution in [0.4, 0.5) is 0 Å². The number of fused-ring (bicyclic) bond motifs is 1. The Morgan fingerprint density at radius 1 is 1.04 bits per heavy atom. The predicted octanol–water partition coefficient (Wildman–Crippen LogP) is 4.39. The molecule has 0 radical (unpaired) electrons. The summed E-state index contributed by atoms with van der Waals surface area (Å²) in [4.78, 5) is 17.2. The smallest absolute Gasteiger partial charge is 0.267 e. The normalized spacial score (nSPS) is 11.6. The van der Waals surface area contributed by atoms with Crippen molar-refractivity contribution in [3.63, 3.8) is 0 Å². The highest BCUT2D eigenvalue weighted by Crippen LogP contribution is 2.26. The first-order valence-corrected chi connectivity index (χ1v) is 9.25. The van der Waals surface area contributed by atoms with Gasteiger partial charge >= 0.3 is 0 Å². The van der Waals surface area contributed by atoms with E-state index in [0.29, 0.717) is 43.8 Å². The average Bonchev–Trinajstić information content (AvgIpc) is 2.96. The number of nitrogens with zero attached hydrogens (tertiary/aromatic N) is 5. The maximum Gasteiger partial charge on any atom is 0.282 e. The van der Waals surface area contributed by atoms with E-state index in [4.69, 9.17) is 23.2 Å². The fraction of sp³-hybridized carbons (Fsp3) is 0.100. The predicted molar refractivity (Wildman–Crippen MR) is 112 cm³/mol. The van der Waals surface area contributed by atoms with Crippen molar-refractivity contribution >= 4 is 40.3 Å². The number of hydrogen-bond acceptors (Lipinski definition) is 4. The van der Waals surface area contributed by atoms with Crippen LogP contribution in [0, 0.1) is 13.8 Å². The van der Waals surface area contributed by atoms with E-state index in [9.17, 15) is 4.79 Å². The third-order valence-corrected chi connectivity index (χ3v) is 5.03. The van der Waals surface area contributed by atoms with Gasteiger partial charge in [-0.05, 0) is 38.1 Å². The minimum absolute atomic E-state index is 0.244. The zero-order chi connectivity index (χ0) is 19.8. The van der Waals surface area contributed by atoms with Gasteiger partial charge in [-0.15, -0.1) is 0 Å². The van der Waals surface area contributed by atoms with Gasteiger partial charge in [0.15, 0.2) is 0 Å². The SMILES string of the molecule is Cc1nn(-c2ccccc2Cl)c(Cl)c1C=Nn1c(C)nc2ccccc2c1=O. The number of halogens is 2. The first-order valence-electron chi connectivity index (χ1n) is 8.50. The summed E-state index contributed by atoms with van der Waals surface area (Å²) in [6, 6.07) is 14.4. The van der Waals surface area contributed by atoms with E-state index in [0.717, 1.165) is 0 Å². The largest absolute Gasteiger partial charge is 0.282 e. The molecular formula is C20H15Cl2N5O. The average molecular weight is 412 g/mol. The molecule has 0 N–H and O–H groups in total. The van der Waals surface area contributed by atoms with Crippen molar-refractivity contribution in [2.24, 2.45) is 5.10 Å². The summed E-state index contributed by atoms with van der Waals surface area (Å²) in [5.41, 5.74) is 2.32.